The molecule has 1 radical (unpaired) electrons. The molecule has 0 aliphatic heterocycles. The number of benzene rings is 5. The SMILES string of the molecule is [2H]C([2H])([2H])c1ccc(-c2[c-]cc3c(c2)c2cccc4c5cc6oc7ccccc7c6cc5n3c24)nc1.[Ir].[c-]1ccccc1-c1ccccn1. The number of fused-ring (bicyclic) bond motifs is 9. The average molecular weight is 771 g/mol. The van der Waals surface area contributed by atoms with Crippen LogP contribution in [-0.2, 0) is 20.1 Å². The van der Waals surface area contributed by atoms with E-state index in [9.17, 15) is 0 Å². The van der Waals surface area contributed by atoms with Gasteiger partial charge in [0.1, 0.15) is 11.2 Å². The fraction of sp³-hybridized carbons (Fsp3) is 0.0244. The zero-order valence-electron chi connectivity index (χ0n) is 27.3. The van der Waals surface area contributed by atoms with Crippen molar-refractivity contribution in [3.63, 3.8) is 0 Å². The van der Waals surface area contributed by atoms with E-state index in [0.29, 0.717) is 5.69 Å². The topological polar surface area (TPSA) is 43.3 Å². The molecule has 0 unspecified atom stereocenters. The summed E-state index contributed by atoms with van der Waals surface area (Å²) in [5.74, 6) is 0. The quantitative estimate of drug-likeness (QED) is 0.165. The van der Waals surface area contributed by atoms with E-state index in [-0.39, 0.29) is 25.7 Å². The van der Waals surface area contributed by atoms with Crippen molar-refractivity contribution in [3.05, 3.63) is 151 Å². The number of pyridine rings is 2. The molecule has 10 aromatic rings. The Kier molecular flexibility index (Phi) is 6.08. The Labute approximate surface area is 282 Å². The van der Waals surface area contributed by atoms with Crippen LogP contribution in [0.1, 0.15) is 9.68 Å². The largest absolute Gasteiger partial charge is 0.456 e. The predicted octanol–water partition coefficient (Wildman–Crippen LogP) is 10.5. The van der Waals surface area contributed by atoms with Crippen molar-refractivity contribution in [1.29, 1.82) is 0 Å². The van der Waals surface area contributed by atoms with Gasteiger partial charge in [0.2, 0.25) is 0 Å². The van der Waals surface area contributed by atoms with E-state index in [4.69, 9.17) is 8.53 Å². The van der Waals surface area contributed by atoms with E-state index >= 15 is 0 Å². The summed E-state index contributed by atoms with van der Waals surface area (Å²) in [5, 5.41) is 6.84. The molecule has 0 N–H and O–H groups in total. The summed E-state index contributed by atoms with van der Waals surface area (Å²) in [6, 6.07) is 46.7. The fourth-order valence-electron chi connectivity index (χ4n) is 6.41. The van der Waals surface area contributed by atoms with Crippen LogP contribution < -0.4 is 0 Å². The molecular weight excluding hydrogens is 743 g/mol. The molecule has 221 valence electrons. The van der Waals surface area contributed by atoms with E-state index in [2.05, 4.69) is 69.0 Å². The first-order valence-electron chi connectivity index (χ1n) is 16.2. The number of aromatic nitrogens is 3. The van der Waals surface area contributed by atoms with Crippen LogP contribution in [0.2, 0.25) is 0 Å². The van der Waals surface area contributed by atoms with E-state index < -0.39 is 6.85 Å². The van der Waals surface area contributed by atoms with Crippen molar-refractivity contribution in [1.82, 2.24) is 14.4 Å². The molecule has 0 fully saturated rings. The Morgan fingerprint density at radius 3 is 2.22 bits per heavy atom. The number of hydrogen-bond acceptors (Lipinski definition) is 3. The van der Waals surface area contributed by atoms with Gasteiger partial charge in [-0.05, 0) is 59.0 Å². The van der Waals surface area contributed by atoms with Gasteiger partial charge in [-0.3, -0.25) is 0 Å². The van der Waals surface area contributed by atoms with Gasteiger partial charge in [0, 0.05) is 63.7 Å². The summed E-state index contributed by atoms with van der Waals surface area (Å²) in [5.41, 5.74) is 8.95. The van der Waals surface area contributed by atoms with Gasteiger partial charge in [-0.15, -0.1) is 59.7 Å². The van der Waals surface area contributed by atoms with Crippen molar-refractivity contribution in [2.24, 2.45) is 0 Å². The summed E-state index contributed by atoms with van der Waals surface area (Å²) >= 11 is 0. The molecule has 0 aliphatic rings. The van der Waals surface area contributed by atoms with E-state index in [0.717, 1.165) is 66.0 Å². The Bertz CT molecular complexity index is 2720. The van der Waals surface area contributed by atoms with E-state index in [1.165, 1.54) is 17.1 Å². The van der Waals surface area contributed by atoms with Gasteiger partial charge in [-0.2, -0.15) is 0 Å². The van der Waals surface area contributed by atoms with E-state index in [1.54, 1.807) is 18.3 Å². The summed E-state index contributed by atoms with van der Waals surface area (Å²) in [4.78, 5) is 8.64. The molecule has 5 aromatic heterocycles. The second-order valence-electron chi connectivity index (χ2n) is 11.1. The minimum absolute atomic E-state index is 0. The molecule has 5 heteroatoms. The summed E-state index contributed by atoms with van der Waals surface area (Å²) < 4.78 is 31.3. The molecule has 46 heavy (non-hydrogen) atoms. The molecule has 0 amide bonds. The first-order chi connectivity index (χ1) is 23.4. The minimum atomic E-state index is -2.17. The predicted molar refractivity (Wildman–Crippen MR) is 184 cm³/mol. The van der Waals surface area contributed by atoms with Crippen LogP contribution in [0.4, 0.5) is 0 Å². The normalized spacial score (nSPS) is 12.7. The van der Waals surface area contributed by atoms with Gasteiger partial charge in [0.05, 0.1) is 5.52 Å². The Balaban J connectivity index is 0.000000228. The standard InChI is InChI=1S/C30H17N2O.C11H8N.Ir/c1-17-9-11-25(31-16-17)18-10-12-26-22(13-18)20-6-4-7-21-23-15-29-24(14-27(23)32(26)30(20)21)19-5-2-3-8-28(19)33-29;1-2-6-10(7-3-1)11-8-4-5-9-12-11;/h2-9,11-16H,1H3;1-6,8-9H;/q2*-1;/i1D3;;. The van der Waals surface area contributed by atoms with Crippen molar-refractivity contribution in [3.8, 4) is 22.5 Å². The molecule has 0 bridgehead atoms. The first-order valence-corrected chi connectivity index (χ1v) is 14.7. The fourth-order valence-corrected chi connectivity index (χ4v) is 6.41. The van der Waals surface area contributed by atoms with Gasteiger partial charge >= 0.3 is 0 Å². The summed E-state index contributed by atoms with van der Waals surface area (Å²) in [6.45, 7) is -2.17. The summed E-state index contributed by atoms with van der Waals surface area (Å²) in [6.07, 6.45) is 3.22. The maximum atomic E-state index is 7.60. The molecule has 10 rings (SSSR count). The monoisotopic (exact) mass is 771 g/mol. The van der Waals surface area contributed by atoms with Gasteiger partial charge < -0.3 is 18.8 Å². The summed E-state index contributed by atoms with van der Waals surface area (Å²) in [7, 11) is 0. The molecule has 5 aromatic carbocycles. The number of furan rings is 1. The molecule has 0 spiro atoms. The van der Waals surface area contributed by atoms with Crippen LogP contribution in [0.15, 0.2) is 138 Å². The maximum absolute atomic E-state index is 7.60. The second kappa shape index (κ2) is 11.2. The van der Waals surface area contributed by atoms with Crippen molar-refractivity contribution >= 4 is 60.0 Å². The third kappa shape index (κ3) is 4.47. The number of aryl methyl sites for hydroxylation is 1. The van der Waals surface area contributed by atoms with Gasteiger partial charge in [-0.25, -0.2) is 0 Å². The number of hydrogen-bond donors (Lipinski definition) is 0. The van der Waals surface area contributed by atoms with Gasteiger partial charge in [0.25, 0.3) is 0 Å². The molecule has 0 aliphatic carbocycles. The number of rotatable bonds is 2. The Morgan fingerprint density at radius 1 is 0.630 bits per heavy atom. The molecule has 0 atom stereocenters. The molecule has 4 nitrogen and oxygen atoms in total. The molecule has 0 saturated heterocycles. The van der Waals surface area contributed by atoms with E-state index in [1.807, 2.05) is 66.7 Å². The molecule has 0 saturated carbocycles. The zero-order valence-corrected chi connectivity index (χ0v) is 26.7. The van der Waals surface area contributed by atoms with Crippen LogP contribution in [0.25, 0.3) is 82.5 Å². The van der Waals surface area contributed by atoms with Gasteiger partial charge in [-0.1, -0.05) is 66.0 Å². The molecular formula is C41H25IrN3O-2. The zero-order chi connectivity index (χ0) is 32.4. The third-order valence-corrected chi connectivity index (χ3v) is 8.44. The average Bonchev–Trinajstić information content (AvgIpc) is 3.77. The Morgan fingerprint density at radius 2 is 1.43 bits per heavy atom. The number of para-hydroxylation sites is 2. The van der Waals surface area contributed by atoms with Crippen molar-refractivity contribution < 1.29 is 28.6 Å². The van der Waals surface area contributed by atoms with Crippen molar-refractivity contribution in [2.75, 3.05) is 0 Å². The van der Waals surface area contributed by atoms with Crippen molar-refractivity contribution in [2.45, 2.75) is 6.85 Å². The van der Waals surface area contributed by atoms with Crippen LogP contribution >= 0.6 is 0 Å². The van der Waals surface area contributed by atoms with Crippen LogP contribution in [0.5, 0.6) is 0 Å². The second-order valence-corrected chi connectivity index (χ2v) is 11.1. The maximum Gasteiger partial charge on any atom is 0.136 e. The molecule has 5 heterocycles. The van der Waals surface area contributed by atoms with Gasteiger partial charge in [0.15, 0.2) is 0 Å². The smallest absolute Gasteiger partial charge is 0.136 e. The third-order valence-electron chi connectivity index (χ3n) is 8.44. The number of nitrogens with zero attached hydrogens (tertiary/aromatic N) is 3. The first kappa shape index (κ1) is 24.9. The van der Waals surface area contributed by atoms with Crippen LogP contribution in [-0.4, -0.2) is 14.4 Å². The van der Waals surface area contributed by atoms with Crippen LogP contribution in [0, 0.1) is 19.0 Å². The minimum Gasteiger partial charge on any atom is -0.456 e. The Hall–Kier alpha value is -5.35. The van der Waals surface area contributed by atoms with Crippen LogP contribution in [0.3, 0.4) is 0 Å².